The zero-order valence-corrected chi connectivity index (χ0v) is 6.68. The summed E-state index contributed by atoms with van der Waals surface area (Å²) in [5.41, 5.74) is 0.328. The number of anilines is 1. The molecule has 0 radical (unpaired) electrons. The van der Waals surface area contributed by atoms with Gasteiger partial charge in [0.1, 0.15) is 0 Å². The van der Waals surface area contributed by atoms with Gasteiger partial charge >= 0.3 is 0 Å². The lowest BCUT2D eigenvalue weighted by Crippen LogP contribution is -2.19. The normalized spacial score (nSPS) is 9.50. The monoisotopic (exact) mass is 204 g/mol. The Morgan fingerprint density at radius 1 is 1.50 bits per heavy atom. The molecule has 0 aliphatic heterocycles. The summed E-state index contributed by atoms with van der Waals surface area (Å²) in [6.45, 7) is 0. The lowest BCUT2D eigenvalue weighted by molar-refractivity contribution is 0.444. The van der Waals surface area contributed by atoms with Gasteiger partial charge in [0, 0.05) is 4.47 Å². The zero-order valence-electron chi connectivity index (χ0n) is 5.09. The Bertz CT molecular complexity index is 227. The van der Waals surface area contributed by atoms with Gasteiger partial charge in [-0.25, -0.2) is 5.84 Å². The van der Waals surface area contributed by atoms with Gasteiger partial charge in [0.05, 0.1) is 5.69 Å². The molecule has 2 N–H and O–H groups in total. The highest BCUT2D eigenvalue weighted by molar-refractivity contribution is 9.10. The van der Waals surface area contributed by atoms with Crippen LogP contribution in [0.15, 0.2) is 28.7 Å². The van der Waals surface area contributed by atoms with Gasteiger partial charge in [-0.05, 0) is 18.2 Å². The molecule has 0 heterocycles. The van der Waals surface area contributed by atoms with Crippen molar-refractivity contribution < 1.29 is 4.48 Å². The number of hydrogen-bond donors (Lipinski definition) is 1. The van der Waals surface area contributed by atoms with Gasteiger partial charge in [0.2, 0.25) is 0 Å². The van der Waals surface area contributed by atoms with Crippen molar-refractivity contribution in [2.75, 3.05) is 5.23 Å². The average molecular weight is 205 g/mol. The van der Waals surface area contributed by atoms with Crippen molar-refractivity contribution in [2.45, 2.75) is 0 Å². The Morgan fingerprint density at radius 2 is 2.20 bits per heavy atom. The highest BCUT2D eigenvalue weighted by atomic mass is 79.9. The standard InChI is InChI=1S/C6H6BrFN2/c7-5-2-1-3-6(4-5)10(8)9/h1-4H,9H2. The number of benzene rings is 1. The van der Waals surface area contributed by atoms with E-state index >= 15 is 0 Å². The Kier molecular flexibility index (Phi) is 2.24. The first-order valence-electron chi connectivity index (χ1n) is 2.66. The summed E-state index contributed by atoms with van der Waals surface area (Å²) in [4.78, 5) is 0. The molecule has 1 aromatic rings. The Balaban J connectivity index is 2.96. The molecule has 1 aromatic carbocycles. The molecule has 0 bridgehead atoms. The van der Waals surface area contributed by atoms with Gasteiger partial charge in [-0.1, -0.05) is 26.5 Å². The van der Waals surface area contributed by atoms with Crippen LogP contribution in [0, 0.1) is 0 Å². The maximum Gasteiger partial charge on any atom is 0.0883 e. The molecular formula is C6H6BrFN2. The number of hydrogen-bond acceptors (Lipinski definition) is 2. The molecule has 0 saturated heterocycles. The second-order valence-electron chi connectivity index (χ2n) is 1.79. The predicted octanol–water partition coefficient (Wildman–Crippen LogP) is 2.01. The minimum atomic E-state index is 0.0742. The summed E-state index contributed by atoms with van der Waals surface area (Å²) >= 11 is 3.18. The van der Waals surface area contributed by atoms with Crippen molar-refractivity contribution in [3.8, 4) is 0 Å². The number of halogens is 2. The largest absolute Gasteiger partial charge is 0.218 e. The van der Waals surface area contributed by atoms with Gasteiger partial charge in [-0.15, -0.1) is 5.23 Å². The van der Waals surface area contributed by atoms with E-state index in [2.05, 4.69) is 15.9 Å². The van der Waals surface area contributed by atoms with E-state index in [9.17, 15) is 4.48 Å². The fraction of sp³-hybridized carbons (Fsp3) is 0. The molecule has 10 heavy (non-hydrogen) atoms. The van der Waals surface area contributed by atoms with E-state index in [-0.39, 0.29) is 5.23 Å². The van der Waals surface area contributed by atoms with Crippen LogP contribution >= 0.6 is 15.9 Å². The third kappa shape index (κ3) is 1.68. The van der Waals surface area contributed by atoms with Crippen molar-refractivity contribution in [1.29, 1.82) is 0 Å². The highest BCUT2D eigenvalue weighted by Crippen LogP contribution is 2.17. The average Bonchev–Trinajstić information content (AvgIpc) is 1.88. The minimum absolute atomic E-state index is 0.0742. The van der Waals surface area contributed by atoms with Crippen LogP contribution < -0.4 is 11.1 Å². The maximum absolute atomic E-state index is 12.2. The van der Waals surface area contributed by atoms with Gasteiger partial charge in [0.25, 0.3) is 0 Å². The molecule has 0 atom stereocenters. The van der Waals surface area contributed by atoms with Crippen molar-refractivity contribution >= 4 is 21.6 Å². The third-order valence-electron chi connectivity index (χ3n) is 1.05. The van der Waals surface area contributed by atoms with E-state index in [1.54, 1.807) is 24.3 Å². The molecule has 0 amide bonds. The lowest BCUT2D eigenvalue weighted by Gasteiger charge is -2.04. The van der Waals surface area contributed by atoms with Crippen LogP contribution in [-0.4, -0.2) is 0 Å². The fourth-order valence-corrected chi connectivity index (χ4v) is 0.996. The second-order valence-corrected chi connectivity index (χ2v) is 2.71. The van der Waals surface area contributed by atoms with Crippen LogP contribution in [0.25, 0.3) is 0 Å². The molecule has 0 aliphatic carbocycles. The van der Waals surface area contributed by atoms with Crippen LogP contribution in [-0.2, 0) is 0 Å². The second kappa shape index (κ2) is 2.98. The molecule has 0 saturated carbocycles. The van der Waals surface area contributed by atoms with Crippen molar-refractivity contribution in [3.63, 3.8) is 0 Å². The molecule has 0 unspecified atom stereocenters. The van der Waals surface area contributed by atoms with Crippen LogP contribution in [0.2, 0.25) is 0 Å². The molecule has 0 spiro atoms. The van der Waals surface area contributed by atoms with Gasteiger partial charge < -0.3 is 0 Å². The van der Waals surface area contributed by atoms with Crippen LogP contribution in [0.3, 0.4) is 0 Å². The SMILES string of the molecule is NN(F)c1cccc(Br)c1. The van der Waals surface area contributed by atoms with Gasteiger partial charge in [-0.3, -0.25) is 0 Å². The van der Waals surface area contributed by atoms with Crippen LogP contribution in [0.1, 0.15) is 0 Å². The molecule has 0 aliphatic rings. The van der Waals surface area contributed by atoms with Crippen LogP contribution in [0.5, 0.6) is 0 Å². The summed E-state index contributed by atoms with van der Waals surface area (Å²) in [6.07, 6.45) is 0. The van der Waals surface area contributed by atoms with Crippen molar-refractivity contribution in [1.82, 2.24) is 0 Å². The zero-order chi connectivity index (χ0) is 7.56. The summed E-state index contributed by atoms with van der Waals surface area (Å²) in [5, 5.41) is 0.0742. The molecule has 1 rings (SSSR count). The van der Waals surface area contributed by atoms with E-state index in [0.717, 1.165) is 4.47 Å². The van der Waals surface area contributed by atoms with Crippen molar-refractivity contribution in [3.05, 3.63) is 28.7 Å². The minimum Gasteiger partial charge on any atom is -0.218 e. The highest BCUT2D eigenvalue weighted by Gasteiger charge is 1.97. The summed E-state index contributed by atoms with van der Waals surface area (Å²) in [5.74, 6) is 4.83. The van der Waals surface area contributed by atoms with Crippen molar-refractivity contribution in [2.24, 2.45) is 5.84 Å². The molecular weight excluding hydrogens is 199 g/mol. The van der Waals surface area contributed by atoms with Gasteiger partial charge in [-0.2, -0.15) is 0 Å². The maximum atomic E-state index is 12.2. The van der Waals surface area contributed by atoms with Gasteiger partial charge in [0.15, 0.2) is 0 Å². The summed E-state index contributed by atoms with van der Waals surface area (Å²) in [6, 6.07) is 6.66. The molecule has 2 nitrogen and oxygen atoms in total. The first kappa shape index (κ1) is 7.50. The Morgan fingerprint density at radius 3 is 2.60 bits per heavy atom. The number of nitrogens with zero attached hydrogens (tertiary/aromatic N) is 1. The Labute approximate surface area is 66.5 Å². The first-order chi connectivity index (χ1) is 4.70. The summed E-state index contributed by atoms with van der Waals surface area (Å²) < 4.78 is 13.0. The third-order valence-corrected chi connectivity index (χ3v) is 1.55. The Hall–Kier alpha value is -0.610. The smallest absolute Gasteiger partial charge is 0.0883 e. The van der Waals surface area contributed by atoms with E-state index in [4.69, 9.17) is 5.84 Å². The quantitative estimate of drug-likeness (QED) is 0.431. The van der Waals surface area contributed by atoms with E-state index < -0.39 is 0 Å². The summed E-state index contributed by atoms with van der Waals surface area (Å²) in [7, 11) is 0. The lowest BCUT2D eigenvalue weighted by atomic mass is 10.3. The number of hydrazine groups is 1. The molecule has 0 fully saturated rings. The number of nitrogens with two attached hydrogens (primary N) is 1. The molecule has 0 aromatic heterocycles. The number of rotatable bonds is 1. The van der Waals surface area contributed by atoms with Crippen LogP contribution in [0.4, 0.5) is 10.2 Å². The topological polar surface area (TPSA) is 29.3 Å². The van der Waals surface area contributed by atoms with E-state index in [1.165, 1.54) is 0 Å². The predicted molar refractivity (Wildman–Crippen MR) is 41.9 cm³/mol. The molecule has 54 valence electrons. The first-order valence-corrected chi connectivity index (χ1v) is 3.45. The van der Waals surface area contributed by atoms with E-state index in [1.807, 2.05) is 0 Å². The fourth-order valence-electron chi connectivity index (χ4n) is 0.609. The molecule has 4 heteroatoms. The van der Waals surface area contributed by atoms with E-state index in [0.29, 0.717) is 5.69 Å².